The fraction of sp³-hybridized carbons (Fsp3) is 0.400. The molecular formula is C15H23N4O3+. The summed E-state index contributed by atoms with van der Waals surface area (Å²) in [5.41, 5.74) is 5.89. The summed E-state index contributed by atoms with van der Waals surface area (Å²) in [7, 11) is 1.75. The molecule has 0 aliphatic carbocycles. The Bertz CT molecular complexity index is 557. The summed E-state index contributed by atoms with van der Waals surface area (Å²) in [6, 6.07) is 6.60. The van der Waals surface area contributed by atoms with Crippen molar-refractivity contribution in [2.75, 3.05) is 25.5 Å². The van der Waals surface area contributed by atoms with E-state index in [0.717, 1.165) is 4.90 Å². The van der Waals surface area contributed by atoms with E-state index in [1.54, 1.807) is 31.3 Å². The van der Waals surface area contributed by atoms with E-state index < -0.39 is 5.91 Å². The second-order valence-electron chi connectivity index (χ2n) is 5.49. The number of anilines is 1. The van der Waals surface area contributed by atoms with Crippen LogP contribution in [0.4, 0.5) is 5.69 Å². The minimum absolute atomic E-state index is 0.0663. The van der Waals surface area contributed by atoms with Crippen LogP contribution in [-0.4, -0.2) is 43.9 Å². The van der Waals surface area contributed by atoms with Gasteiger partial charge in [-0.25, -0.2) is 0 Å². The molecule has 0 saturated carbocycles. The van der Waals surface area contributed by atoms with Crippen LogP contribution in [0.5, 0.6) is 0 Å². The molecule has 0 aliphatic rings. The van der Waals surface area contributed by atoms with Crippen LogP contribution in [0.2, 0.25) is 0 Å². The highest BCUT2D eigenvalue weighted by molar-refractivity contribution is 6.03. The zero-order valence-corrected chi connectivity index (χ0v) is 13.1. The quantitative estimate of drug-likeness (QED) is 0.506. The van der Waals surface area contributed by atoms with E-state index in [0.29, 0.717) is 5.69 Å². The second kappa shape index (κ2) is 8.14. The maximum Gasteiger partial charge on any atom is 0.279 e. The molecule has 0 aliphatic heterocycles. The molecule has 0 bridgehead atoms. The highest BCUT2D eigenvalue weighted by atomic mass is 16.2. The zero-order valence-electron chi connectivity index (χ0n) is 13.1. The summed E-state index contributed by atoms with van der Waals surface area (Å²) < 4.78 is 0. The predicted octanol–water partition coefficient (Wildman–Crippen LogP) is -1.24. The number of carbonyl (C=O) groups is 3. The summed E-state index contributed by atoms with van der Waals surface area (Å²) in [5.74, 6) is -1.01. The monoisotopic (exact) mass is 307 g/mol. The molecule has 0 fully saturated rings. The van der Waals surface area contributed by atoms with Crippen molar-refractivity contribution in [3.8, 4) is 0 Å². The normalized spacial score (nSPS) is 11.8. The van der Waals surface area contributed by atoms with Gasteiger partial charge >= 0.3 is 0 Å². The van der Waals surface area contributed by atoms with Gasteiger partial charge in [-0.3, -0.25) is 14.4 Å². The average Bonchev–Trinajstić information content (AvgIpc) is 2.37. The van der Waals surface area contributed by atoms with Gasteiger partial charge in [0.2, 0.25) is 0 Å². The third kappa shape index (κ3) is 5.92. The van der Waals surface area contributed by atoms with E-state index in [1.807, 2.05) is 13.8 Å². The van der Waals surface area contributed by atoms with Crippen molar-refractivity contribution in [1.29, 1.82) is 0 Å². The molecule has 5 N–H and O–H groups in total. The molecule has 1 atom stereocenters. The number of rotatable bonds is 7. The lowest BCUT2D eigenvalue weighted by Gasteiger charge is -2.15. The second-order valence-corrected chi connectivity index (χ2v) is 5.49. The van der Waals surface area contributed by atoms with E-state index in [2.05, 4.69) is 10.6 Å². The van der Waals surface area contributed by atoms with E-state index >= 15 is 0 Å². The molecule has 1 rings (SSSR count). The van der Waals surface area contributed by atoms with Gasteiger partial charge in [-0.05, 0) is 26.0 Å². The van der Waals surface area contributed by atoms with E-state index in [-0.39, 0.29) is 36.5 Å². The number of benzene rings is 1. The van der Waals surface area contributed by atoms with Crippen LogP contribution in [0.25, 0.3) is 0 Å². The van der Waals surface area contributed by atoms with Crippen molar-refractivity contribution in [1.82, 2.24) is 5.32 Å². The van der Waals surface area contributed by atoms with E-state index in [4.69, 9.17) is 5.73 Å². The third-order valence-electron chi connectivity index (χ3n) is 2.84. The van der Waals surface area contributed by atoms with E-state index in [1.165, 1.54) is 0 Å². The topological polar surface area (TPSA) is 106 Å². The SMILES string of the molecule is CC(C)NC(=O)C[NH+](C)CC(=O)Nc1ccccc1C(N)=O. The first kappa shape index (κ1) is 17.6. The summed E-state index contributed by atoms with van der Waals surface area (Å²) in [4.78, 5) is 35.6. The molecule has 22 heavy (non-hydrogen) atoms. The van der Waals surface area contributed by atoms with Gasteiger partial charge in [0.15, 0.2) is 13.1 Å². The smallest absolute Gasteiger partial charge is 0.279 e. The Hall–Kier alpha value is -2.41. The van der Waals surface area contributed by atoms with Crippen LogP contribution in [-0.2, 0) is 9.59 Å². The number of hydrogen-bond donors (Lipinski definition) is 4. The van der Waals surface area contributed by atoms with Crippen molar-refractivity contribution in [2.24, 2.45) is 5.73 Å². The minimum atomic E-state index is -0.604. The van der Waals surface area contributed by atoms with Gasteiger partial charge in [0, 0.05) is 6.04 Å². The Morgan fingerprint density at radius 3 is 2.32 bits per heavy atom. The highest BCUT2D eigenvalue weighted by Gasteiger charge is 2.16. The molecule has 1 aromatic rings. The maximum atomic E-state index is 12.0. The van der Waals surface area contributed by atoms with Gasteiger partial charge in [0.25, 0.3) is 17.7 Å². The molecule has 3 amide bonds. The first-order valence-corrected chi connectivity index (χ1v) is 7.09. The summed E-state index contributed by atoms with van der Waals surface area (Å²) >= 11 is 0. The molecule has 7 nitrogen and oxygen atoms in total. The zero-order chi connectivity index (χ0) is 16.7. The number of likely N-dealkylation sites (N-methyl/N-ethyl adjacent to an activating group) is 1. The van der Waals surface area contributed by atoms with Crippen LogP contribution < -0.4 is 21.3 Å². The lowest BCUT2D eigenvalue weighted by Crippen LogP contribution is -3.11. The molecule has 7 heteroatoms. The van der Waals surface area contributed by atoms with Crippen molar-refractivity contribution in [2.45, 2.75) is 19.9 Å². The van der Waals surface area contributed by atoms with Crippen molar-refractivity contribution in [3.63, 3.8) is 0 Å². The van der Waals surface area contributed by atoms with Crippen molar-refractivity contribution >= 4 is 23.4 Å². The number of carbonyl (C=O) groups excluding carboxylic acids is 3. The first-order chi connectivity index (χ1) is 10.3. The van der Waals surface area contributed by atoms with Gasteiger partial charge in [-0.1, -0.05) is 12.1 Å². The molecule has 1 unspecified atom stereocenters. The van der Waals surface area contributed by atoms with Crippen molar-refractivity contribution < 1.29 is 19.3 Å². The highest BCUT2D eigenvalue weighted by Crippen LogP contribution is 2.13. The Morgan fingerprint density at radius 2 is 1.73 bits per heavy atom. The van der Waals surface area contributed by atoms with Gasteiger partial charge in [-0.15, -0.1) is 0 Å². The van der Waals surface area contributed by atoms with Crippen molar-refractivity contribution in [3.05, 3.63) is 29.8 Å². The number of amides is 3. The predicted molar refractivity (Wildman–Crippen MR) is 83.5 cm³/mol. The molecule has 120 valence electrons. The standard InChI is InChI=1S/C15H22N4O3/c1-10(2)17-13(20)8-19(3)9-14(21)18-12-7-5-4-6-11(12)15(16)22/h4-7,10H,8-9H2,1-3H3,(H2,16,22)(H,17,20)(H,18,21)/p+1. The van der Waals surface area contributed by atoms with Crippen LogP contribution in [0.3, 0.4) is 0 Å². The summed E-state index contributed by atoms with van der Waals surface area (Å²) in [5, 5.41) is 5.41. The number of primary amides is 1. The number of nitrogens with two attached hydrogens (primary N) is 1. The van der Waals surface area contributed by atoms with E-state index in [9.17, 15) is 14.4 Å². The van der Waals surface area contributed by atoms with Gasteiger partial charge in [0.05, 0.1) is 18.3 Å². The third-order valence-corrected chi connectivity index (χ3v) is 2.84. The largest absolute Gasteiger partial charge is 0.366 e. The van der Waals surface area contributed by atoms with Crippen LogP contribution in [0, 0.1) is 0 Å². The molecule has 0 spiro atoms. The lowest BCUT2D eigenvalue weighted by atomic mass is 10.1. The number of nitrogens with one attached hydrogen (secondary N) is 3. The molecule has 1 aromatic carbocycles. The fourth-order valence-electron chi connectivity index (χ4n) is 1.99. The fourth-order valence-corrected chi connectivity index (χ4v) is 1.99. The molecular weight excluding hydrogens is 284 g/mol. The Morgan fingerprint density at radius 1 is 1.14 bits per heavy atom. The molecule has 0 aromatic heterocycles. The van der Waals surface area contributed by atoms with Gasteiger partial charge < -0.3 is 21.3 Å². The van der Waals surface area contributed by atoms with Crippen LogP contribution >= 0.6 is 0 Å². The van der Waals surface area contributed by atoms with Crippen LogP contribution in [0.15, 0.2) is 24.3 Å². The Balaban J connectivity index is 2.56. The molecule has 0 saturated heterocycles. The average molecular weight is 307 g/mol. The molecule has 0 radical (unpaired) electrons. The molecule has 0 heterocycles. The first-order valence-electron chi connectivity index (χ1n) is 7.09. The summed E-state index contributed by atoms with van der Waals surface area (Å²) in [6.45, 7) is 4.06. The number of quaternary nitrogens is 1. The van der Waals surface area contributed by atoms with Gasteiger partial charge in [0.1, 0.15) is 0 Å². The summed E-state index contributed by atoms with van der Waals surface area (Å²) in [6.07, 6.45) is 0. The number of hydrogen-bond acceptors (Lipinski definition) is 3. The number of para-hydroxylation sites is 1. The maximum absolute atomic E-state index is 12.0. The minimum Gasteiger partial charge on any atom is -0.366 e. The Labute approximate surface area is 129 Å². The van der Waals surface area contributed by atoms with Crippen LogP contribution in [0.1, 0.15) is 24.2 Å². The lowest BCUT2D eigenvalue weighted by molar-refractivity contribution is -0.862. The Kier molecular flexibility index (Phi) is 6.52. The van der Waals surface area contributed by atoms with Gasteiger partial charge in [-0.2, -0.15) is 0 Å².